The van der Waals surface area contributed by atoms with Crippen LogP contribution in [0.2, 0.25) is 0 Å². The number of aromatic carboxylic acids is 2. The quantitative estimate of drug-likeness (QED) is 0.653. The fourth-order valence-corrected chi connectivity index (χ4v) is 1.29. The van der Waals surface area contributed by atoms with Crippen molar-refractivity contribution in [2.24, 2.45) is 0 Å². The molecule has 1 radical (unpaired) electrons. The molecule has 2 aromatic carbocycles. The van der Waals surface area contributed by atoms with Crippen molar-refractivity contribution in [2.75, 3.05) is 0 Å². The van der Waals surface area contributed by atoms with Gasteiger partial charge in [-0.25, -0.2) is 9.59 Å². The molecular weight excluding hydrogens is 360 g/mol. The van der Waals surface area contributed by atoms with Crippen LogP contribution in [0.5, 0.6) is 11.5 Å². The van der Waals surface area contributed by atoms with Crippen molar-refractivity contribution < 1.29 is 58.0 Å². The molecule has 0 aliphatic heterocycles. The maximum Gasteiger partial charge on any atom is 2.00 e. The van der Waals surface area contributed by atoms with Gasteiger partial charge in [-0.1, -0.05) is 47.9 Å². The van der Waals surface area contributed by atoms with Gasteiger partial charge >= 0.3 is 29.0 Å². The molecule has 8 nitrogen and oxygen atoms in total. The number of hydrogen-bond donors (Lipinski definition) is 2. The van der Waals surface area contributed by atoms with Crippen LogP contribution in [0.4, 0.5) is 0 Å². The SMILES string of the molecule is O.O.O=C(O)c1ccccc1[O-].O=C(O)c1ccccc1[O-].[Cu+2]. The summed E-state index contributed by atoms with van der Waals surface area (Å²) in [5.74, 6) is -3.25. The Hall–Kier alpha value is -2.58. The van der Waals surface area contributed by atoms with Crippen molar-refractivity contribution in [1.82, 2.24) is 0 Å². The Labute approximate surface area is 141 Å². The second-order valence-electron chi connectivity index (χ2n) is 3.60. The van der Waals surface area contributed by atoms with E-state index in [9.17, 15) is 19.8 Å². The van der Waals surface area contributed by atoms with E-state index < -0.39 is 23.4 Å². The second-order valence-corrected chi connectivity index (χ2v) is 3.60. The van der Waals surface area contributed by atoms with Gasteiger partial charge in [-0.2, -0.15) is 0 Å². The molecule has 6 N–H and O–H groups in total. The van der Waals surface area contributed by atoms with E-state index in [0.717, 1.165) is 0 Å². The number of carboxylic acid groups (broad SMARTS) is 2. The maximum absolute atomic E-state index is 10.7. The van der Waals surface area contributed by atoms with Gasteiger partial charge in [0.1, 0.15) is 0 Å². The Balaban J connectivity index is -0.000000308. The van der Waals surface area contributed by atoms with Crippen molar-refractivity contribution >= 4 is 11.9 Å². The first-order valence-corrected chi connectivity index (χ1v) is 5.42. The summed E-state index contributed by atoms with van der Waals surface area (Å²) >= 11 is 0. The van der Waals surface area contributed by atoms with Gasteiger partial charge < -0.3 is 31.4 Å². The van der Waals surface area contributed by atoms with Crippen molar-refractivity contribution in [3.8, 4) is 11.5 Å². The van der Waals surface area contributed by atoms with Gasteiger partial charge in [0.05, 0.1) is 11.1 Å². The summed E-state index contributed by atoms with van der Waals surface area (Å²) in [5.41, 5.74) is -0.356. The molecular formula is C14H14CuO8. The molecule has 0 unspecified atom stereocenters. The predicted molar refractivity (Wildman–Crippen MR) is 72.9 cm³/mol. The van der Waals surface area contributed by atoms with Gasteiger partial charge in [-0.15, -0.1) is 0 Å². The first-order chi connectivity index (χ1) is 9.43. The molecule has 0 heterocycles. The normalized spacial score (nSPS) is 8.00. The van der Waals surface area contributed by atoms with Gasteiger partial charge in [0.25, 0.3) is 0 Å². The average Bonchev–Trinajstić information content (AvgIpc) is 2.40. The minimum atomic E-state index is -1.18. The molecule has 2 aromatic rings. The minimum Gasteiger partial charge on any atom is -0.872 e. The second kappa shape index (κ2) is 12.0. The number of para-hydroxylation sites is 2. The van der Waals surface area contributed by atoms with E-state index in [1.165, 1.54) is 48.5 Å². The standard InChI is InChI=1S/2C7H6O3.Cu.2H2O/c2*8-6-4-2-1-3-5(6)7(9)10;;;/h2*1-4,8H,(H,9,10);;2*1H2/q;;+2;;/p-2. The van der Waals surface area contributed by atoms with Crippen molar-refractivity contribution in [2.45, 2.75) is 0 Å². The zero-order valence-electron chi connectivity index (χ0n) is 11.4. The number of rotatable bonds is 2. The van der Waals surface area contributed by atoms with E-state index in [2.05, 4.69) is 0 Å². The van der Waals surface area contributed by atoms with E-state index in [-0.39, 0.29) is 39.1 Å². The molecule has 0 saturated carbocycles. The first-order valence-electron chi connectivity index (χ1n) is 5.42. The van der Waals surface area contributed by atoms with Crippen LogP contribution in [0.25, 0.3) is 0 Å². The largest absolute Gasteiger partial charge is 2.00 e. The van der Waals surface area contributed by atoms with Crippen LogP contribution in [0.3, 0.4) is 0 Å². The number of carbonyl (C=O) groups is 2. The van der Waals surface area contributed by atoms with Crippen molar-refractivity contribution in [3.05, 3.63) is 59.7 Å². The summed E-state index contributed by atoms with van der Waals surface area (Å²) in [6, 6.07) is 11.1. The van der Waals surface area contributed by atoms with Gasteiger partial charge in [0.15, 0.2) is 0 Å². The van der Waals surface area contributed by atoms with Crippen LogP contribution in [-0.2, 0) is 17.1 Å². The smallest absolute Gasteiger partial charge is 0.872 e. The molecule has 2 rings (SSSR count). The topological polar surface area (TPSA) is 184 Å². The Morgan fingerprint density at radius 2 is 0.957 bits per heavy atom. The third kappa shape index (κ3) is 7.84. The van der Waals surface area contributed by atoms with E-state index in [1.54, 1.807) is 0 Å². The van der Waals surface area contributed by atoms with Crippen LogP contribution in [-0.4, -0.2) is 33.1 Å². The van der Waals surface area contributed by atoms with Crippen LogP contribution in [0, 0.1) is 0 Å². The average molecular weight is 374 g/mol. The summed E-state index contributed by atoms with van der Waals surface area (Å²) in [4.78, 5) is 20.4. The van der Waals surface area contributed by atoms with Gasteiger partial charge in [0, 0.05) is 0 Å². The molecule has 0 fully saturated rings. The Morgan fingerprint density at radius 3 is 1.13 bits per heavy atom. The molecule has 0 aromatic heterocycles. The van der Waals surface area contributed by atoms with Gasteiger partial charge in [0.2, 0.25) is 0 Å². The summed E-state index contributed by atoms with van der Waals surface area (Å²) in [7, 11) is 0. The summed E-state index contributed by atoms with van der Waals surface area (Å²) < 4.78 is 0. The summed E-state index contributed by atoms with van der Waals surface area (Å²) in [6.07, 6.45) is 0. The molecule has 0 spiro atoms. The predicted octanol–water partition coefficient (Wildman–Crippen LogP) is -0.735. The Bertz CT molecular complexity index is 574. The van der Waals surface area contributed by atoms with E-state index in [1.807, 2.05) is 0 Å². The monoisotopic (exact) mass is 373 g/mol. The Kier molecular flexibility index (Phi) is 13.3. The fraction of sp³-hybridized carbons (Fsp3) is 0. The van der Waals surface area contributed by atoms with Crippen LogP contribution in [0.1, 0.15) is 20.7 Å². The molecule has 0 aliphatic carbocycles. The first kappa shape index (κ1) is 25.4. The van der Waals surface area contributed by atoms with Crippen molar-refractivity contribution in [1.29, 1.82) is 0 Å². The van der Waals surface area contributed by atoms with Gasteiger partial charge in [-0.05, 0) is 12.1 Å². The third-order valence-corrected chi connectivity index (χ3v) is 2.23. The number of benzene rings is 2. The number of carboxylic acids is 2. The van der Waals surface area contributed by atoms with E-state index in [4.69, 9.17) is 10.2 Å². The molecule has 0 bridgehead atoms. The summed E-state index contributed by atoms with van der Waals surface area (Å²) in [6.45, 7) is 0. The molecule has 0 amide bonds. The maximum atomic E-state index is 10.7. The minimum absolute atomic E-state index is 0. The third-order valence-electron chi connectivity index (χ3n) is 2.23. The van der Waals surface area contributed by atoms with Crippen LogP contribution < -0.4 is 10.2 Å². The van der Waals surface area contributed by atoms with Crippen LogP contribution >= 0.6 is 0 Å². The molecule has 0 aliphatic rings. The van der Waals surface area contributed by atoms with Gasteiger partial charge in [-0.3, -0.25) is 0 Å². The molecule has 129 valence electrons. The molecule has 0 saturated heterocycles. The zero-order chi connectivity index (χ0) is 15.1. The summed E-state index contributed by atoms with van der Waals surface area (Å²) in [5, 5.41) is 38.1. The van der Waals surface area contributed by atoms with Crippen LogP contribution in [0.15, 0.2) is 48.5 Å². The molecule has 9 heteroatoms. The number of hydrogen-bond acceptors (Lipinski definition) is 4. The molecule has 23 heavy (non-hydrogen) atoms. The molecule has 0 atom stereocenters. The van der Waals surface area contributed by atoms with E-state index >= 15 is 0 Å². The van der Waals surface area contributed by atoms with E-state index in [0.29, 0.717) is 0 Å². The fourth-order valence-electron chi connectivity index (χ4n) is 1.29. The Morgan fingerprint density at radius 1 is 0.696 bits per heavy atom. The zero-order valence-corrected chi connectivity index (χ0v) is 12.4. The van der Waals surface area contributed by atoms with Crippen molar-refractivity contribution in [3.63, 3.8) is 0 Å².